The number of amides is 1. The van der Waals surface area contributed by atoms with Crippen molar-refractivity contribution in [1.82, 2.24) is 9.55 Å². The van der Waals surface area contributed by atoms with E-state index in [-0.39, 0.29) is 5.82 Å². The number of halogens is 3. The summed E-state index contributed by atoms with van der Waals surface area (Å²) in [5.41, 5.74) is 0. The standard InChI is InChI=1S/C8H8F3N3O/c1-2-7(15)13-6-3-14(5-12-6)4-8(9,10)11/h2-3,5H,1,4H2,(H,13,15). The molecule has 0 radical (unpaired) electrons. The van der Waals surface area contributed by atoms with E-state index < -0.39 is 18.6 Å². The fourth-order valence-electron chi connectivity index (χ4n) is 0.895. The molecule has 1 N–H and O–H groups in total. The average molecular weight is 219 g/mol. The molecule has 1 heterocycles. The van der Waals surface area contributed by atoms with E-state index >= 15 is 0 Å². The molecule has 0 aliphatic rings. The van der Waals surface area contributed by atoms with Gasteiger partial charge in [-0.15, -0.1) is 0 Å². The lowest BCUT2D eigenvalue weighted by Crippen LogP contribution is -2.16. The molecular formula is C8H8F3N3O. The minimum atomic E-state index is -4.31. The number of aromatic nitrogens is 2. The highest BCUT2D eigenvalue weighted by Crippen LogP contribution is 2.18. The number of nitrogens with zero attached hydrogens (tertiary/aromatic N) is 2. The van der Waals surface area contributed by atoms with Crippen molar-refractivity contribution in [1.29, 1.82) is 0 Å². The van der Waals surface area contributed by atoms with E-state index in [1.165, 1.54) is 0 Å². The molecule has 0 bridgehead atoms. The zero-order chi connectivity index (χ0) is 11.5. The van der Waals surface area contributed by atoms with Gasteiger partial charge in [-0.3, -0.25) is 4.79 Å². The Morgan fingerprint density at radius 2 is 2.33 bits per heavy atom. The molecule has 0 spiro atoms. The Morgan fingerprint density at radius 3 is 2.87 bits per heavy atom. The van der Waals surface area contributed by atoms with Gasteiger partial charge >= 0.3 is 6.18 Å². The summed E-state index contributed by atoms with van der Waals surface area (Å²) in [6.45, 7) is 2.06. The summed E-state index contributed by atoms with van der Waals surface area (Å²) >= 11 is 0. The number of carbonyl (C=O) groups excluding carboxylic acids is 1. The van der Waals surface area contributed by atoms with Crippen LogP contribution in [0.5, 0.6) is 0 Å². The second-order valence-electron chi connectivity index (χ2n) is 2.74. The first-order chi connectivity index (χ1) is 6.90. The largest absolute Gasteiger partial charge is 0.406 e. The highest BCUT2D eigenvalue weighted by atomic mass is 19.4. The summed E-state index contributed by atoms with van der Waals surface area (Å²) in [7, 11) is 0. The lowest BCUT2D eigenvalue weighted by atomic mass is 10.5. The van der Waals surface area contributed by atoms with Crippen LogP contribution in [0.15, 0.2) is 25.2 Å². The number of hydrogen-bond acceptors (Lipinski definition) is 2. The molecule has 1 aromatic rings. The van der Waals surface area contributed by atoms with Crippen LogP contribution in [0, 0.1) is 0 Å². The van der Waals surface area contributed by atoms with E-state index in [9.17, 15) is 18.0 Å². The smallest absolute Gasteiger partial charge is 0.326 e. The summed E-state index contributed by atoms with van der Waals surface area (Å²) in [4.78, 5) is 14.3. The predicted molar refractivity (Wildman–Crippen MR) is 47.1 cm³/mol. The Bertz CT molecular complexity index is 369. The number of carbonyl (C=O) groups is 1. The molecule has 0 unspecified atom stereocenters. The molecule has 0 atom stereocenters. The van der Waals surface area contributed by atoms with E-state index in [1.807, 2.05) is 0 Å². The maximum absolute atomic E-state index is 11.9. The van der Waals surface area contributed by atoms with Crippen molar-refractivity contribution < 1.29 is 18.0 Å². The Labute approximate surface area is 83.4 Å². The van der Waals surface area contributed by atoms with Crippen LogP contribution in [0.1, 0.15) is 0 Å². The molecule has 0 aliphatic heterocycles. The number of hydrogen-bond donors (Lipinski definition) is 1. The quantitative estimate of drug-likeness (QED) is 0.784. The van der Waals surface area contributed by atoms with Gasteiger partial charge in [0.05, 0.1) is 6.33 Å². The van der Waals surface area contributed by atoms with Gasteiger partial charge in [0.1, 0.15) is 6.54 Å². The van der Waals surface area contributed by atoms with Crippen molar-refractivity contribution in [3.8, 4) is 0 Å². The first kappa shape index (κ1) is 11.3. The fourth-order valence-corrected chi connectivity index (χ4v) is 0.895. The molecule has 0 aromatic carbocycles. The van der Waals surface area contributed by atoms with E-state index in [4.69, 9.17) is 0 Å². The average Bonchev–Trinajstić information content (AvgIpc) is 2.49. The molecule has 1 rings (SSSR count). The first-order valence-electron chi connectivity index (χ1n) is 3.92. The number of rotatable bonds is 3. The van der Waals surface area contributed by atoms with Gasteiger partial charge < -0.3 is 9.88 Å². The van der Waals surface area contributed by atoms with Crippen molar-refractivity contribution in [2.45, 2.75) is 12.7 Å². The van der Waals surface area contributed by atoms with Crippen LogP contribution < -0.4 is 5.32 Å². The Kier molecular flexibility index (Phi) is 3.13. The Balaban J connectivity index is 2.64. The number of imidazole rings is 1. The fraction of sp³-hybridized carbons (Fsp3) is 0.250. The lowest BCUT2D eigenvalue weighted by Gasteiger charge is -2.05. The highest BCUT2D eigenvalue weighted by molar-refractivity contribution is 5.98. The molecule has 82 valence electrons. The molecule has 1 aromatic heterocycles. The second-order valence-corrected chi connectivity index (χ2v) is 2.74. The summed E-state index contributed by atoms with van der Waals surface area (Å²) in [6.07, 6.45) is -1.22. The third-order valence-corrected chi connectivity index (χ3v) is 1.43. The minimum Gasteiger partial charge on any atom is -0.326 e. The zero-order valence-electron chi connectivity index (χ0n) is 7.58. The van der Waals surface area contributed by atoms with Crippen LogP contribution in [0.25, 0.3) is 0 Å². The van der Waals surface area contributed by atoms with Crippen molar-refractivity contribution in [2.75, 3.05) is 5.32 Å². The molecule has 0 fully saturated rings. The topological polar surface area (TPSA) is 46.9 Å². The van der Waals surface area contributed by atoms with E-state index in [0.29, 0.717) is 0 Å². The van der Waals surface area contributed by atoms with Gasteiger partial charge in [0.25, 0.3) is 0 Å². The van der Waals surface area contributed by atoms with Gasteiger partial charge in [-0.05, 0) is 6.08 Å². The van der Waals surface area contributed by atoms with Gasteiger partial charge in [-0.2, -0.15) is 13.2 Å². The van der Waals surface area contributed by atoms with Crippen LogP contribution in [0.3, 0.4) is 0 Å². The van der Waals surface area contributed by atoms with Crippen LogP contribution in [0.4, 0.5) is 19.0 Å². The Morgan fingerprint density at radius 1 is 1.67 bits per heavy atom. The van der Waals surface area contributed by atoms with Crippen LogP contribution in [-0.2, 0) is 11.3 Å². The maximum Gasteiger partial charge on any atom is 0.406 e. The molecule has 0 saturated carbocycles. The molecule has 4 nitrogen and oxygen atoms in total. The van der Waals surface area contributed by atoms with Gasteiger partial charge in [-0.25, -0.2) is 4.98 Å². The van der Waals surface area contributed by atoms with Gasteiger partial charge in [0.15, 0.2) is 5.82 Å². The predicted octanol–water partition coefficient (Wildman–Crippen LogP) is 1.57. The van der Waals surface area contributed by atoms with E-state index in [2.05, 4.69) is 16.9 Å². The van der Waals surface area contributed by atoms with Crippen molar-refractivity contribution in [3.63, 3.8) is 0 Å². The molecule has 0 saturated heterocycles. The van der Waals surface area contributed by atoms with Crippen molar-refractivity contribution in [2.24, 2.45) is 0 Å². The SMILES string of the molecule is C=CC(=O)Nc1cn(CC(F)(F)F)cn1. The summed E-state index contributed by atoms with van der Waals surface area (Å²) < 4.78 is 36.6. The summed E-state index contributed by atoms with van der Waals surface area (Å²) in [5.74, 6) is -0.462. The molecule has 15 heavy (non-hydrogen) atoms. The monoisotopic (exact) mass is 219 g/mol. The van der Waals surface area contributed by atoms with Gasteiger partial charge in [0, 0.05) is 6.20 Å². The number of nitrogens with one attached hydrogen (secondary N) is 1. The maximum atomic E-state index is 11.9. The van der Waals surface area contributed by atoms with Crippen molar-refractivity contribution >= 4 is 11.7 Å². The molecule has 1 amide bonds. The van der Waals surface area contributed by atoms with Crippen LogP contribution in [-0.4, -0.2) is 21.6 Å². The third-order valence-electron chi connectivity index (χ3n) is 1.43. The van der Waals surface area contributed by atoms with Crippen molar-refractivity contribution in [3.05, 3.63) is 25.2 Å². The van der Waals surface area contributed by atoms with Gasteiger partial charge in [0.2, 0.25) is 5.91 Å². The molecule has 7 heteroatoms. The van der Waals surface area contributed by atoms with Crippen LogP contribution in [0.2, 0.25) is 0 Å². The van der Waals surface area contributed by atoms with E-state index in [1.54, 1.807) is 0 Å². The lowest BCUT2D eigenvalue weighted by molar-refractivity contribution is -0.140. The molecular weight excluding hydrogens is 211 g/mol. The Hall–Kier alpha value is -1.79. The number of alkyl halides is 3. The minimum absolute atomic E-state index is 0.0594. The summed E-state index contributed by atoms with van der Waals surface area (Å²) in [6, 6.07) is 0. The third kappa shape index (κ3) is 3.84. The van der Waals surface area contributed by atoms with Gasteiger partial charge in [-0.1, -0.05) is 6.58 Å². The first-order valence-corrected chi connectivity index (χ1v) is 3.92. The van der Waals surface area contributed by atoms with Crippen LogP contribution >= 0.6 is 0 Å². The zero-order valence-corrected chi connectivity index (χ0v) is 7.58. The van der Waals surface area contributed by atoms with E-state index in [0.717, 1.165) is 23.2 Å². The summed E-state index contributed by atoms with van der Waals surface area (Å²) in [5, 5.41) is 2.24. The number of anilines is 1. The normalized spacial score (nSPS) is 11.1. The second kappa shape index (κ2) is 4.16. The molecule has 0 aliphatic carbocycles. The highest BCUT2D eigenvalue weighted by Gasteiger charge is 2.27.